The van der Waals surface area contributed by atoms with Gasteiger partial charge in [-0.25, -0.2) is 0 Å². The summed E-state index contributed by atoms with van der Waals surface area (Å²) in [5, 5.41) is 3.16. The van der Waals surface area contributed by atoms with Gasteiger partial charge in [0.05, 0.1) is 12.4 Å². The van der Waals surface area contributed by atoms with Crippen molar-refractivity contribution >= 4 is 11.7 Å². The fourth-order valence-corrected chi connectivity index (χ4v) is 6.90. The Morgan fingerprint density at radius 3 is 2.18 bits per heavy atom. The molecule has 1 aliphatic heterocycles. The first-order valence-corrected chi connectivity index (χ1v) is 19.6. The van der Waals surface area contributed by atoms with Crippen LogP contribution in [0.2, 0.25) is 0 Å². The first-order valence-electron chi connectivity index (χ1n) is 19.6. The van der Waals surface area contributed by atoms with E-state index in [1.165, 1.54) is 160 Å². The number of hydrogen-bond acceptors (Lipinski definition) is 3. The molecule has 4 nitrogen and oxygen atoms in total. The van der Waals surface area contributed by atoms with E-state index in [9.17, 15) is 4.79 Å². The van der Waals surface area contributed by atoms with Crippen molar-refractivity contribution in [3.8, 4) is 0 Å². The topological polar surface area (TPSA) is 44.7 Å². The molecule has 1 aliphatic carbocycles. The number of aliphatic imine (C=N–C) groups is 1. The van der Waals surface area contributed by atoms with Crippen LogP contribution in [0.1, 0.15) is 187 Å². The molecular formula is C40H73N3O. The smallest absolute Gasteiger partial charge is 0.220 e. The van der Waals surface area contributed by atoms with Gasteiger partial charge in [-0.2, -0.15) is 0 Å². The Bertz CT molecular complexity index is 785. The number of allylic oxidation sites excluding steroid dienone is 4. The minimum atomic E-state index is 0.222. The standard InChI is InChI=1S/C40H73N3O/c1-3-4-5-6-7-8-9-10-11-12-13-14-15-20-27-32-40(44)42-34-36-43-35-33-41-39(43)31-26-19-17-16-18-24-29-38-30-25-22-21-23-28-37(38)2/h10-11,29,37H,3-9,12-28,30-36H2,1-2H3,(H,42,44)/b11-10-,38-29+. The second-order valence-corrected chi connectivity index (χ2v) is 13.9. The second kappa shape index (κ2) is 27.7. The third kappa shape index (κ3) is 20.5. The molecule has 1 unspecified atom stereocenters. The summed E-state index contributed by atoms with van der Waals surface area (Å²) in [5.74, 6) is 2.32. The first kappa shape index (κ1) is 38.6. The Morgan fingerprint density at radius 2 is 1.43 bits per heavy atom. The van der Waals surface area contributed by atoms with Crippen LogP contribution in [0.5, 0.6) is 0 Å². The van der Waals surface area contributed by atoms with E-state index < -0.39 is 0 Å². The van der Waals surface area contributed by atoms with E-state index in [-0.39, 0.29) is 5.91 Å². The Labute approximate surface area is 274 Å². The molecule has 254 valence electrons. The highest BCUT2D eigenvalue weighted by atomic mass is 16.1. The summed E-state index contributed by atoms with van der Waals surface area (Å²) in [4.78, 5) is 19.5. The number of nitrogens with zero attached hydrogens (tertiary/aromatic N) is 2. The van der Waals surface area contributed by atoms with Crippen LogP contribution in [0, 0.1) is 5.92 Å². The molecule has 1 amide bonds. The van der Waals surface area contributed by atoms with Gasteiger partial charge in [0, 0.05) is 32.5 Å². The highest BCUT2D eigenvalue weighted by Gasteiger charge is 2.16. The molecule has 2 rings (SSSR count). The van der Waals surface area contributed by atoms with Crippen LogP contribution in [0.15, 0.2) is 28.8 Å². The maximum atomic E-state index is 12.3. The average molecular weight is 612 g/mol. The van der Waals surface area contributed by atoms with Crippen molar-refractivity contribution in [3.63, 3.8) is 0 Å². The van der Waals surface area contributed by atoms with Crippen molar-refractivity contribution < 1.29 is 4.79 Å². The lowest BCUT2D eigenvalue weighted by Crippen LogP contribution is -2.36. The number of nitrogens with one attached hydrogen (secondary N) is 1. The van der Waals surface area contributed by atoms with E-state index in [1.807, 2.05) is 0 Å². The number of carbonyl (C=O) groups excluding carboxylic acids is 1. The highest BCUT2D eigenvalue weighted by molar-refractivity contribution is 5.83. The Kier molecular flexibility index (Phi) is 24.3. The van der Waals surface area contributed by atoms with Gasteiger partial charge in [0.1, 0.15) is 0 Å². The number of amidine groups is 1. The summed E-state index contributed by atoms with van der Waals surface area (Å²) in [5.41, 5.74) is 1.75. The van der Waals surface area contributed by atoms with Gasteiger partial charge < -0.3 is 10.2 Å². The van der Waals surface area contributed by atoms with Crippen molar-refractivity contribution in [3.05, 3.63) is 23.8 Å². The zero-order valence-corrected chi connectivity index (χ0v) is 29.5. The van der Waals surface area contributed by atoms with Crippen molar-refractivity contribution in [2.75, 3.05) is 26.2 Å². The van der Waals surface area contributed by atoms with Crippen molar-refractivity contribution in [2.24, 2.45) is 10.9 Å². The molecule has 2 aliphatic rings. The first-order chi connectivity index (χ1) is 21.7. The molecule has 0 radical (unpaired) electrons. The molecule has 1 saturated carbocycles. The number of hydrogen-bond donors (Lipinski definition) is 1. The van der Waals surface area contributed by atoms with E-state index in [4.69, 9.17) is 4.99 Å². The molecule has 4 heteroatoms. The van der Waals surface area contributed by atoms with E-state index >= 15 is 0 Å². The molecule has 0 bridgehead atoms. The second-order valence-electron chi connectivity index (χ2n) is 13.9. The van der Waals surface area contributed by atoms with Gasteiger partial charge in [-0.3, -0.25) is 9.79 Å². The Morgan fingerprint density at radius 1 is 0.795 bits per heavy atom. The van der Waals surface area contributed by atoms with Crippen molar-refractivity contribution in [2.45, 2.75) is 187 Å². The molecule has 1 fully saturated rings. The van der Waals surface area contributed by atoms with E-state index in [0.29, 0.717) is 6.42 Å². The molecule has 1 N–H and O–H groups in total. The molecule has 0 aromatic heterocycles. The lowest BCUT2D eigenvalue weighted by molar-refractivity contribution is -0.121. The molecule has 0 aromatic rings. The SMILES string of the molecule is CCCCCCCC/C=C\CCCCCCCC(=O)NCCN1CCN=C1CCCCCCC/C=C1\CCCCCCC1C. The zero-order chi connectivity index (χ0) is 31.3. The third-order valence-electron chi connectivity index (χ3n) is 9.90. The van der Waals surface area contributed by atoms with Gasteiger partial charge in [-0.1, -0.05) is 128 Å². The maximum Gasteiger partial charge on any atom is 0.220 e. The Hall–Kier alpha value is -1.58. The lowest BCUT2D eigenvalue weighted by Gasteiger charge is -2.20. The fraction of sp³-hybridized carbons (Fsp3) is 0.850. The predicted octanol–water partition coefficient (Wildman–Crippen LogP) is 11.5. The average Bonchev–Trinajstić information content (AvgIpc) is 3.46. The number of carbonyl (C=O) groups is 1. The minimum absolute atomic E-state index is 0.222. The van der Waals surface area contributed by atoms with Crippen LogP contribution in [0.3, 0.4) is 0 Å². The van der Waals surface area contributed by atoms with Crippen LogP contribution in [-0.4, -0.2) is 42.8 Å². The molecule has 0 spiro atoms. The molecule has 1 atom stereocenters. The highest BCUT2D eigenvalue weighted by Crippen LogP contribution is 2.27. The van der Waals surface area contributed by atoms with E-state index in [1.54, 1.807) is 5.57 Å². The van der Waals surface area contributed by atoms with Crippen LogP contribution in [0.4, 0.5) is 0 Å². The van der Waals surface area contributed by atoms with Crippen LogP contribution in [-0.2, 0) is 4.79 Å². The molecule has 44 heavy (non-hydrogen) atoms. The zero-order valence-electron chi connectivity index (χ0n) is 29.5. The molecule has 1 heterocycles. The third-order valence-corrected chi connectivity index (χ3v) is 9.90. The van der Waals surface area contributed by atoms with Crippen molar-refractivity contribution in [1.82, 2.24) is 10.2 Å². The summed E-state index contributed by atoms with van der Waals surface area (Å²) < 4.78 is 0. The predicted molar refractivity (Wildman–Crippen MR) is 194 cm³/mol. The molecule has 0 saturated heterocycles. The van der Waals surface area contributed by atoms with Gasteiger partial charge in [0.15, 0.2) is 0 Å². The van der Waals surface area contributed by atoms with Gasteiger partial charge in [-0.05, 0) is 76.5 Å². The van der Waals surface area contributed by atoms with Crippen LogP contribution in [0.25, 0.3) is 0 Å². The van der Waals surface area contributed by atoms with Gasteiger partial charge in [-0.15, -0.1) is 0 Å². The number of amides is 1. The van der Waals surface area contributed by atoms with Gasteiger partial charge in [0.2, 0.25) is 5.91 Å². The summed E-state index contributed by atoms with van der Waals surface area (Å²) >= 11 is 0. The summed E-state index contributed by atoms with van der Waals surface area (Å²) in [7, 11) is 0. The summed E-state index contributed by atoms with van der Waals surface area (Å²) in [6.07, 6.45) is 42.3. The summed E-state index contributed by atoms with van der Waals surface area (Å²) in [6.45, 7) is 8.32. The monoisotopic (exact) mass is 612 g/mol. The van der Waals surface area contributed by atoms with E-state index in [0.717, 1.165) is 44.9 Å². The summed E-state index contributed by atoms with van der Waals surface area (Å²) in [6, 6.07) is 0. The number of unbranched alkanes of at least 4 members (excludes halogenated alkanes) is 16. The quantitative estimate of drug-likeness (QED) is 0.0781. The maximum absolute atomic E-state index is 12.3. The van der Waals surface area contributed by atoms with Crippen molar-refractivity contribution in [1.29, 1.82) is 0 Å². The van der Waals surface area contributed by atoms with Crippen LogP contribution >= 0.6 is 0 Å². The lowest BCUT2D eigenvalue weighted by atomic mass is 9.87. The van der Waals surface area contributed by atoms with Crippen LogP contribution < -0.4 is 5.32 Å². The minimum Gasteiger partial charge on any atom is -0.357 e. The largest absolute Gasteiger partial charge is 0.357 e. The number of rotatable bonds is 26. The fourth-order valence-electron chi connectivity index (χ4n) is 6.90. The van der Waals surface area contributed by atoms with Gasteiger partial charge >= 0.3 is 0 Å². The molecule has 0 aromatic carbocycles. The normalized spacial score (nSPS) is 18.6. The Balaban J connectivity index is 1.37. The van der Waals surface area contributed by atoms with Gasteiger partial charge in [0.25, 0.3) is 0 Å². The van der Waals surface area contributed by atoms with E-state index in [2.05, 4.69) is 42.3 Å². The molecular weight excluding hydrogens is 538 g/mol.